The van der Waals surface area contributed by atoms with E-state index in [1.807, 2.05) is 6.20 Å². The van der Waals surface area contributed by atoms with E-state index in [1.54, 1.807) is 0 Å². The van der Waals surface area contributed by atoms with Crippen LogP contribution in [0.15, 0.2) is 30.5 Å². The molecule has 3 aromatic rings. The number of nitrogens with zero attached hydrogens (tertiary/aromatic N) is 4. The molecule has 3 heterocycles. The molecule has 0 atom stereocenters. The Morgan fingerprint density at radius 1 is 1.24 bits per heavy atom. The molecule has 1 aromatic carbocycles. The summed E-state index contributed by atoms with van der Waals surface area (Å²) in [5.74, 6) is 1.69. The zero-order valence-corrected chi connectivity index (χ0v) is 12.0. The zero-order chi connectivity index (χ0) is 14.2. The lowest BCUT2D eigenvalue weighted by molar-refractivity contribution is 0.824. The highest BCUT2D eigenvalue weighted by atomic mass is 15.2. The largest absolute Gasteiger partial charge is 0.354 e. The van der Waals surface area contributed by atoms with Gasteiger partial charge in [0.25, 0.3) is 0 Å². The topological polar surface area (TPSA) is 55.6 Å². The van der Waals surface area contributed by atoms with Gasteiger partial charge in [0.2, 0.25) is 5.95 Å². The molecule has 1 aliphatic rings. The molecule has 21 heavy (non-hydrogen) atoms. The molecule has 0 bridgehead atoms. The van der Waals surface area contributed by atoms with Crippen molar-refractivity contribution in [2.75, 3.05) is 11.9 Å². The number of nitrogens with one attached hydrogen (secondary N) is 1. The Bertz CT molecular complexity index is 806. The molecular formula is C16H17N5. The van der Waals surface area contributed by atoms with Crippen molar-refractivity contribution in [1.82, 2.24) is 19.5 Å². The van der Waals surface area contributed by atoms with E-state index in [1.165, 1.54) is 11.1 Å². The third-order valence-corrected chi connectivity index (χ3v) is 3.89. The maximum Gasteiger partial charge on any atom is 0.224 e. The van der Waals surface area contributed by atoms with Crippen LogP contribution in [0.25, 0.3) is 22.6 Å². The lowest BCUT2D eigenvalue weighted by Gasteiger charge is -2.04. The Morgan fingerprint density at radius 3 is 3.05 bits per heavy atom. The van der Waals surface area contributed by atoms with Crippen LogP contribution in [-0.2, 0) is 6.54 Å². The first-order chi connectivity index (χ1) is 10.4. The summed E-state index contributed by atoms with van der Waals surface area (Å²) >= 11 is 0. The highest BCUT2D eigenvalue weighted by Gasteiger charge is 2.23. The number of imidazole rings is 1. The standard InChI is InChI=1S/C16H17N5/c1-2-3-8-17-16-18-9-13-15(20-16)21-10-11-6-4-5-7-12(11)14(21)19-13/h4-7,9H,2-3,8,10H2,1H3,(H,17,18,20). The Hall–Kier alpha value is -2.43. The molecule has 5 heteroatoms. The molecule has 5 nitrogen and oxygen atoms in total. The van der Waals surface area contributed by atoms with E-state index < -0.39 is 0 Å². The van der Waals surface area contributed by atoms with Crippen LogP contribution in [-0.4, -0.2) is 26.1 Å². The second kappa shape index (κ2) is 4.84. The molecule has 1 aliphatic heterocycles. The number of hydrogen-bond acceptors (Lipinski definition) is 4. The Kier molecular flexibility index (Phi) is 2.84. The van der Waals surface area contributed by atoms with Crippen LogP contribution < -0.4 is 5.32 Å². The van der Waals surface area contributed by atoms with E-state index in [-0.39, 0.29) is 0 Å². The normalized spacial score (nSPS) is 12.4. The summed E-state index contributed by atoms with van der Waals surface area (Å²) in [5.41, 5.74) is 4.28. The third kappa shape index (κ3) is 1.96. The lowest BCUT2D eigenvalue weighted by Crippen LogP contribution is -2.06. The van der Waals surface area contributed by atoms with Gasteiger partial charge in [-0.05, 0) is 12.0 Å². The average Bonchev–Trinajstić information content (AvgIpc) is 3.04. The van der Waals surface area contributed by atoms with Gasteiger partial charge in [-0.2, -0.15) is 4.98 Å². The number of rotatable bonds is 4. The highest BCUT2D eigenvalue weighted by Crippen LogP contribution is 2.33. The van der Waals surface area contributed by atoms with Gasteiger partial charge in [-0.15, -0.1) is 0 Å². The van der Waals surface area contributed by atoms with Crippen molar-refractivity contribution in [3.63, 3.8) is 0 Å². The summed E-state index contributed by atoms with van der Waals surface area (Å²) in [7, 11) is 0. The Labute approximate surface area is 123 Å². The van der Waals surface area contributed by atoms with Gasteiger partial charge in [0.15, 0.2) is 5.65 Å². The van der Waals surface area contributed by atoms with Gasteiger partial charge in [-0.25, -0.2) is 9.97 Å². The number of benzene rings is 1. The molecule has 0 unspecified atom stereocenters. The Balaban J connectivity index is 1.75. The minimum atomic E-state index is 0.689. The second-order valence-corrected chi connectivity index (χ2v) is 5.36. The van der Waals surface area contributed by atoms with Crippen LogP contribution in [0.4, 0.5) is 5.95 Å². The Morgan fingerprint density at radius 2 is 2.14 bits per heavy atom. The lowest BCUT2D eigenvalue weighted by atomic mass is 10.1. The molecule has 0 aliphatic carbocycles. The van der Waals surface area contributed by atoms with E-state index in [2.05, 4.69) is 56.0 Å². The maximum absolute atomic E-state index is 4.68. The molecule has 2 aromatic heterocycles. The first-order valence-corrected chi connectivity index (χ1v) is 7.42. The molecule has 0 radical (unpaired) electrons. The molecule has 0 fully saturated rings. The van der Waals surface area contributed by atoms with Gasteiger partial charge >= 0.3 is 0 Å². The van der Waals surface area contributed by atoms with E-state index in [0.717, 1.165) is 42.9 Å². The molecule has 4 rings (SSSR count). The molecule has 0 spiro atoms. The van der Waals surface area contributed by atoms with Gasteiger partial charge in [-0.3, -0.25) is 0 Å². The molecule has 0 amide bonds. The quantitative estimate of drug-likeness (QED) is 0.583. The SMILES string of the molecule is CCCCNc1ncc2nc3n(c2n1)Cc1ccccc1-3. The van der Waals surface area contributed by atoms with E-state index in [4.69, 9.17) is 0 Å². The summed E-state index contributed by atoms with van der Waals surface area (Å²) in [6.45, 7) is 3.92. The fourth-order valence-corrected chi connectivity index (χ4v) is 2.78. The van der Waals surface area contributed by atoms with Crippen molar-refractivity contribution in [3.8, 4) is 11.4 Å². The van der Waals surface area contributed by atoms with Crippen LogP contribution in [0, 0.1) is 0 Å². The fraction of sp³-hybridized carbons (Fsp3) is 0.312. The first-order valence-electron chi connectivity index (χ1n) is 7.42. The van der Waals surface area contributed by atoms with Crippen molar-refractivity contribution in [3.05, 3.63) is 36.0 Å². The van der Waals surface area contributed by atoms with Crippen LogP contribution in [0.3, 0.4) is 0 Å². The second-order valence-electron chi connectivity index (χ2n) is 5.36. The summed E-state index contributed by atoms with van der Waals surface area (Å²) in [6.07, 6.45) is 4.09. The van der Waals surface area contributed by atoms with Crippen LogP contribution in [0.1, 0.15) is 25.3 Å². The number of fused-ring (bicyclic) bond motifs is 5. The predicted molar refractivity (Wildman–Crippen MR) is 83.3 cm³/mol. The zero-order valence-electron chi connectivity index (χ0n) is 12.0. The van der Waals surface area contributed by atoms with Gasteiger partial charge < -0.3 is 9.88 Å². The minimum absolute atomic E-state index is 0.689. The summed E-state index contributed by atoms with van der Waals surface area (Å²) in [6, 6.07) is 8.39. The predicted octanol–water partition coefficient (Wildman–Crippen LogP) is 3.07. The number of hydrogen-bond donors (Lipinski definition) is 1. The summed E-state index contributed by atoms with van der Waals surface area (Å²) in [5, 5.41) is 3.28. The number of aromatic nitrogens is 4. The monoisotopic (exact) mass is 279 g/mol. The highest BCUT2D eigenvalue weighted by molar-refractivity contribution is 5.80. The average molecular weight is 279 g/mol. The fourth-order valence-electron chi connectivity index (χ4n) is 2.78. The van der Waals surface area contributed by atoms with E-state index in [0.29, 0.717) is 5.95 Å². The van der Waals surface area contributed by atoms with Crippen molar-refractivity contribution in [2.24, 2.45) is 0 Å². The summed E-state index contributed by atoms with van der Waals surface area (Å²) in [4.78, 5) is 13.7. The van der Waals surface area contributed by atoms with Crippen molar-refractivity contribution >= 4 is 17.1 Å². The van der Waals surface area contributed by atoms with E-state index >= 15 is 0 Å². The van der Waals surface area contributed by atoms with Crippen LogP contribution >= 0.6 is 0 Å². The van der Waals surface area contributed by atoms with Crippen LogP contribution in [0.2, 0.25) is 0 Å². The molecule has 106 valence electrons. The smallest absolute Gasteiger partial charge is 0.224 e. The molecule has 0 saturated heterocycles. The number of anilines is 1. The van der Waals surface area contributed by atoms with Crippen molar-refractivity contribution in [1.29, 1.82) is 0 Å². The van der Waals surface area contributed by atoms with Crippen LogP contribution in [0.5, 0.6) is 0 Å². The number of unbranched alkanes of at least 4 members (excludes halogenated alkanes) is 1. The van der Waals surface area contributed by atoms with Gasteiger partial charge in [0.05, 0.1) is 12.7 Å². The van der Waals surface area contributed by atoms with E-state index in [9.17, 15) is 0 Å². The third-order valence-electron chi connectivity index (χ3n) is 3.89. The maximum atomic E-state index is 4.68. The first kappa shape index (κ1) is 12.3. The molecular weight excluding hydrogens is 262 g/mol. The van der Waals surface area contributed by atoms with Crippen molar-refractivity contribution in [2.45, 2.75) is 26.3 Å². The van der Waals surface area contributed by atoms with Gasteiger partial charge in [-0.1, -0.05) is 37.6 Å². The van der Waals surface area contributed by atoms with Crippen molar-refractivity contribution < 1.29 is 0 Å². The van der Waals surface area contributed by atoms with Gasteiger partial charge in [0.1, 0.15) is 11.3 Å². The minimum Gasteiger partial charge on any atom is -0.354 e. The van der Waals surface area contributed by atoms with Gasteiger partial charge in [0, 0.05) is 12.1 Å². The molecule has 1 N–H and O–H groups in total. The summed E-state index contributed by atoms with van der Waals surface area (Å²) < 4.78 is 2.17. The molecule has 0 saturated carbocycles.